The summed E-state index contributed by atoms with van der Waals surface area (Å²) in [5.41, 5.74) is -0.910. The molecule has 2 atom stereocenters. The summed E-state index contributed by atoms with van der Waals surface area (Å²) in [5, 5.41) is 15.8. The van der Waals surface area contributed by atoms with Crippen LogP contribution in [0.2, 0.25) is 10.0 Å². The second kappa shape index (κ2) is 10.3. The van der Waals surface area contributed by atoms with Gasteiger partial charge in [0.1, 0.15) is 10.7 Å². The van der Waals surface area contributed by atoms with E-state index in [0.717, 1.165) is 18.2 Å². The Kier molecular flexibility index (Phi) is 7.39. The van der Waals surface area contributed by atoms with Gasteiger partial charge in [0.2, 0.25) is 5.95 Å². The van der Waals surface area contributed by atoms with Gasteiger partial charge < -0.3 is 15.7 Å². The number of benzene rings is 2. The van der Waals surface area contributed by atoms with Crippen LogP contribution in [0.3, 0.4) is 0 Å². The SMILES string of the molecule is O=S(=O)(Nc1ccc(F)c(C#Cc2cnc(N[C@@H]3CNC[C@H]3O)nc2)c1F)c1cc(Cl)ccc1Cl. The molecule has 8 nitrogen and oxygen atoms in total. The van der Waals surface area contributed by atoms with Gasteiger partial charge in [-0.1, -0.05) is 35.0 Å². The molecule has 1 aromatic heterocycles. The molecular formula is C22H17Cl2F2N5O3S. The van der Waals surface area contributed by atoms with E-state index in [1.807, 2.05) is 4.72 Å². The molecule has 35 heavy (non-hydrogen) atoms. The molecule has 0 unspecified atom stereocenters. The van der Waals surface area contributed by atoms with Crippen molar-refractivity contribution in [3.05, 3.63) is 75.5 Å². The molecule has 1 fully saturated rings. The minimum atomic E-state index is -4.33. The normalized spacial score (nSPS) is 17.5. The van der Waals surface area contributed by atoms with Crippen LogP contribution in [0.5, 0.6) is 0 Å². The first-order chi connectivity index (χ1) is 16.6. The van der Waals surface area contributed by atoms with Crippen LogP contribution in [0.1, 0.15) is 11.1 Å². The van der Waals surface area contributed by atoms with Crippen molar-refractivity contribution in [2.24, 2.45) is 0 Å². The first kappa shape index (κ1) is 25.1. The first-order valence-corrected chi connectivity index (χ1v) is 12.3. The third-order valence-corrected chi connectivity index (χ3v) is 7.08. The minimum absolute atomic E-state index is 0.112. The van der Waals surface area contributed by atoms with Gasteiger partial charge in [-0.3, -0.25) is 4.72 Å². The molecular weight excluding hydrogens is 523 g/mol. The van der Waals surface area contributed by atoms with Crippen molar-refractivity contribution in [3.63, 3.8) is 0 Å². The van der Waals surface area contributed by atoms with Gasteiger partial charge in [-0.15, -0.1) is 0 Å². The molecule has 4 N–H and O–H groups in total. The topological polar surface area (TPSA) is 116 Å². The number of aliphatic hydroxyl groups is 1. The molecule has 0 radical (unpaired) electrons. The summed E-state index contributed by atoms with van der Waals surface area (Å²) in [5.74, 6) is 2.97. The lowest BCUT2D eigenvalue weighted by molar-refractivity contribution is 0.185. The third kappa shape index (κ3) is 5.80. The maximum Gasteiger partial charge on any atom is 0.263 e. The van der Waals surface area contributed by atoms with E-state index in [9.17, 15) is 22.3 Å². The van der Waals surface area contributed by atoms with E-state index in [-0.39, 0.29) is 32.5 Å². The third-order valence-electron chi connectivity index (χ3n) is 5.00. The molecule has 2 aromatic carbocycles. The number of halogens is 4. The van der Waals surface area contributed by atoms with Gasteiger partial charge in [0.25, 0.3) is 10.0 Å². The number of rotatable bonds is 5. The Morgan fingerprint density at radius 2 is 1.83 bits per heavy atom. The van der Waals surface area contributed by atoms with E-state index in [1.165, 1.54) is 24.5 Å². The van der Waals surface area contributed by atoms with E-state index in [2.05, 4.69) is 32.4 Å². The largest absolute Gasteiger partial charge is 0.390 e. The van der Waals surface area contributed by atoms with E-state index in [4.69, 9.17) is 23.2 Å². The highest BCUT2D eigenvalue weighted by atomic mass is 35.5. The van der Waals surface area contributed by atoms with Crippen molar-refractivity contribution < 1.29 is 22.3 Å². The standard InChI is InChI=1S/C22H17Cl2F2N5O3S/c23-13-2-4-15(24)20(7-13)35(33,34)31-17-6-5-16(25)14(21(17)26)3-1-12-8-28-22(29-9-12)30-18-10-27-11-19(18)32/h2,4-9,18-19,27,31-32H,10-11H2,(H,28,29,30)/t18-,19-/m1/s1. The van der Waals surface area contributed by atoms with Crippen molar-refractivity contribution in [2.45, 2.75) is 17.0 Å². The maximum atomic E-state index is 15.0. The molecule has 2 heterocycles. The fourth-order valence-corrected chi connectivity index (χ4v) is 5.03. The van der Waals surface area contributed by atoms with E-state index < -0.39 is 39.0 Å². The summed E-state index contributed by atoms with van der Waals surface area (Å²) in [6.07, 6.45) is 2.12. The van der Waals surface area contributed by atoms with Crippen molar-refractivity contribution in [2.75, 3.05) is 23.1 Å². The van der Waals surface area contributed by atoms with Crippen LogP contribution >= 0.6 is 23.2 Å². The fraction of sp³-hybridized carbons (Fsp3) is 0.182. The molecule has 1 saturated heterocycles. The summed E-state index contributed by atoms with van der Waals surface area (Å²) in [4.78, 5) is 7.80. The second-order valence-corrected chi connectivity index (χ2v) is 9.98. The lowest BCUT2D eigenvalue weighted by Gasteiger charge is -2.14. The average molecular weight is 540 g/mol. The van der Waals surface area contributed by atoms with Crippen LogP contribution in [0, 0.1) is 23.5 Å². The summed E-state index contributed by atoms with van der Waals surface area (Å²) < 4.78 is 56.7. The van der Waals surface area contributed by atoms with Gasteiger partial charge in [-0.25, -0.2) is 27.2 Å². The Morgan fingerprint density at radius 3 is 2.51 bits per heavy atom. The summed E-state index contributed by atoms with van der Waals surface area (Å²) >= 11 is 11.8. The van der Waals surface area contributed by atoms with Crippen LogP contribution in [0.15, 0.2) is 47.6 Å². The van der Waals surface area contributed by atoms with Crippen molar-refractivity contribution in [3.8, 4) is 11.8 Å². The number of sulfonamides is 1. The van der Waals surface area contributed by atoms with E-state index in [0.29, 0.717) is 13.1 Å². The molecule has 1 aliphatic rings. The van der Waals surface area contributed by atoms with E-state index >= 15 is 0 Å². The molecule has 4 rings (SSSR count). The molecule has 0 amide bonds. The predicted molar refractivity (Wildman–Crippen MR) is 128 cm³/mol. The number of aromatic nitrogens is 2. The highest BCUT2D eigenvalue weighted by molar-refractivity contribution is 7.92. The predicted octanol–water partition coefficient (Wildman–Crippen LogP) is 3.01. The lowest BCUT2D eigenvalue weighted by atomic mass is 10.1. The second-order valence-electron chi connectivity index (χ2n) is 7.49. The number of hydrogen-bond acceptors (Lipinski definition) is 7. The quantitative estimate of drug-likeness (QED) is 0.368. The van der Waals surface area contributed by atoms with Gasteiger partial charge in [0, 0.05) is 30.5 Å². The van der Waals surface area contributed by atoms with Gasteiger partial charge in [-0.05, 0) is 30.3 Å². The van der Waals surface area contributed by atoms with Crippen molar-refractivity contribution >= 4 is 44.9 Å². The van der Waals surface area contributed by atoms with Crippen LogP contribution in [-0.4, -0.2) is 48.7 Å². The van der Waals surface area contributed by atoms with Crippen LogP contribution < -0.4 is 15.4 Å². The average Bonchev–Trinajstić information content (AvgIpc) is 3.22. The number of hydrogen-bond donors (Lipinski definition) is 4. The zero-order valence-corrected chi connectivity index (χ0v) is 20.0. The number of nitrogens with one attached hydrogen (secondary N) is 3. The lowest BCUT2D eigenvalue weighted by Crippen LogP contribution is -2.32. The minimum Gasteiger partial charge on any atom is -0.390 e. The molecule has 0 spiro atoms. The first-order valence-electron chi connectivity index (χ1n) is 10.1. The monoisotopic (exact) mass is 539 g/mol. The molecule has 0 saturated carbocycles. The zero-order valence-electron chi connectivity index (χ0n) is 17.7. The smallest absolute Gasteiger partial charge is 0.263 e. The van der Waals surface area contributed by atoms with Crippen LogP contribution in [-0.2, 0) is 10.0 Å². The van der Waals surface area contributed by atoms with Gasteiger partial charge in [0.15, 0.2) is 5.82 Å². The number of β-amino-alcohol motifs (C(OH)–C–C–N with tert-alkyl or cyclic N) is 1. The Hall–Kier alpha value is -3.01. The Morgan fingerprint density at radius 1 is 1.09 bits per heavy atom. The highest BCUT2D eigenvalue weighted by Crippen LogP contribution is 2.29. The zero-order chi connectivity index (χ0) is 25.2. The van der Waals surface area contributed by atoms with Gasteiger partial charge in [-0.2, -0.15) is 0 Å². The molecule has 0 bridgehead atoms. The molecule has 182 valence electrons. The number of nitrogens with zero attached hydrogens (tertiary/aromatic N) is 2. The molecule has 1 aliphatic heterocycles. The van der Waals surface area contributed by atoms with Crippen molar-refractivity contribution in [1.82, 2.24) is 15.3 Å². The van der Waals surface area contributed by atoms with E-state index in [1.54, 1.807) is 0 Å². The summed E-state index contributed by atoms with van der Waals surface area (Å²) in [7, 11) is -4.33. The highest BCUT2D eigenvalue weighted by Gasteiger charge is 2.25. The Balaban J connectivity index is 1.56. The Bertz CT molecular complexity index is 1430. The Labute approximate surface area is 209 Å². The van der Waals surface area contributed by atoms with Crippen LogP contribution in [0.4, 0.5) is 20.4 Å². The number of anilines is 2. The van der Waals surface area contributed by atoms with Crippen molar-refractivity contribution in [1.29, 1.82) is 0 Å². The molecule has 13 heteroatoms. The van der Waals surface area contributed by atoms with Gasteiger partial charge >= 0.3 is 0 Å². The summed E-state index contributed by atoms with van der Waals surface area (Å²) in [6.45, 7) is 1.01. The maximum absolute atomic E-state index is 15.0. The molecule has 0 aliphatic carbocycles. The number of aliphatic hydroxyl groups excluding tert-OH is 1. The fourth-order valence-electron chi connectivity index (χ4n) is 3.21. The van der Waals surface area contributed by atoms with Gasteiger partial charge in [0.05, 0.1) is 34.0 Å². The van der Waals surface area contributed by atoms with Crippen LogP contribution in [0.25, 0.3) is 0 Å². The summed E-state index contributed by atoms with van der Waals surface area (Å²) in [6, 6.07) is 5.36. The molecule has 3 aromatic rings.